The molecular formula is C25H17Cl2N3O4S. The van der Waals surface area contributed by atoms with Crippen LogP contribution in [0.1, 0.15) is 20.8 Å². The first-order valence-electron chi connectivity index (χ1n) is 10.2. The van der Waals surface area contributed by atoms with Gasteiger partial charge in [-0.1, -0.05) is 47.5 Å². The average Bonchev–Trinajstić information content (AvgIpc) is 3.19. The van der Waals surface area contributed by atoms with Crippen LogP contribution >= 0.6 is 34.5 Å². The Morgan fingerprint density at radius 2 is 1.69 bits per heavy atom. The second-order valence-electron chi connectivity index (χ2n) is 7.27. The van der Waals surface area contributed by atoms with Crippen LogP contribution in [0.5, 0.6) is 5.75 Å². The summed E-state index contributed by atoms with van der Waals surface area (Å²) in [7, 11) is 0. The number of carbonyl (C=O) groups is 3. The first-order valence-corrected chi connectivity index (χ1v) is 11.8. The molecule has 35 heavy (non-hydrogen) atoms. The Hall–Kier alpha value is -3.72. The average molecular weight is 526 g/mol. The highest BCUT2D eigenvalue weighted by Gasteiger charge is 2.19. The molecule has 1 heterocycles. The van der Waals surface area contributed by atoms with E-state index in [1.807, 2.05) is 24.3 Å². The number of thiophene rings is 1. The third kappa shape index (κ3) is 5.68. The summed E-state index contributed by atoms with van der Waals surface area (Å²) < 4.78 is 6.32. The number of fused-ring (bicyclic) bond motifs is 1. The van der Waals surface area contributed by atoms with Crippen LogP contribution in [0.4, 0.5) is 5.69 Å². The molecule has 0 saturated carbocycles. The zero-order valence-corrected chi connectivity index (χ0v) is 20.5. The lowest BCUT2D eigenvalue weighted by Gasteiger charge is -2.08. The summed E-state index contributed by atoms with van der Waals surface area (Å²) in [6.07, 6.45) is 1.35. The van der Waals surface area contributed by atoms with Gasteiger partial charge in [0.2, 0.25) is 0 Å². The fourth-order valence-electron chi connectivity index (χ4n) is 3.06. The van der Waals surface area contributed by atoms with Crippen molar-refractivity contribution in [2.24, 2.45) is 5.10 Å². The van der Waals surface area contributed by atoms with E-state index < -0.39 is 17.8 Å². The monoisotopic (exact) mass is 525 g/mol. The van der Waals surface area contributed by atoms with E-state index in [-0.39, 0.29) is 0 Å². The molecule has 0 fully saturated rings. The standard InChI is InChI=1S/C25H17Cl2N3O4S/c1-14-18(26)6-4-7-19(14)29-23(31)24(32)30-28-13-15-9-11-16(12-10-15)34-25(33)22-21(27)17-5-2-3-8-20(17)35-22/h2-13H,1H3,(H,29,31)(H,30,32)/b28-13-. The Morgan fingerprint density at radius 1 is 0.943 bits per heavy atom. The minimum atomic E-state index is -0.939. The summed E-state index contributed by atoms with van der Waals surface area (Å²) in [5.41, 5.74) is 3.85. The number of hydrogen-bond donors (Lipinski definition) is 2. The minimum absolute atomic E-state index is 0.320. The SMILES string of the molecule is Cc1c(Cl)cccc1NC(=O)C(=O)N/N=C\c1ccc(OC(=O)c2sc3ccccc3c2Cl)cc1. The van der Waals surface area contributed by atoms with E-state index in [4.69, 9.17) is 27.9 Å². The lowest BCUT2D eigenvalue weighted by molar-refractivity contribution is -0.136. The lowest BCUT2D eigenvalue weighted by Crippen LogP contribution is -2.32. The number of halogens is 2. The molecule has 7 nitrogen and oxygen atoms in total. The van der Waals surface area contributed by atoms with Crippen molar-refractivity contribution < 1.29 is 19.1 Å². The van der Waals surface area contributed by atoms with E-state index >= 15 is 0 Å². The highest BCUT2D eigenvalue weighted by molar-refractivity contribution is 7.21. The predicted molar refractivity (Wildman–Crippen MR) is 139 cm³/mol. The van der Waals surface area contributed by atoms with Crippen molar-refractivity contribution in [3.63, 3.8) is 0 Å². The van der Waals surface area contributed by atoms with Crippen LogP contribution < -0.4 is 15.5 Å². The van der Waals surface area contributed by atoms with Gasteiger partial charge in [0, 0.05) is 20.8 Å². The molecule has 1 aromatic heterocycles. The first-order chi connectivity index (χ1) is 16.8. The molecule has 176 valence electrons. The van der Waals surface area contributed by atoms with Crippen molar-refractivity contribution in [3.05, 3.63) is 92.8 Å². The highest BCUT2D eigenvalue weighted by Crippen LogP contribution is 2.35. The quantitative estimate of drug-likeness (QED) is 0.113. The molecule has 0 unspecified atom stereocenters. The van der Waals surface area contributed by atoms with Crippen molar-refractivity contribution >= 4 is 74.3 Å². The van der Waals surface area contributed by atoms with E-state index in [2.05, 4.69) is 15.8 Å². The summed E-state index contributed by atoms with van der Waals surface area (Å²) in [4.78, 5) is 36.9. The van der Waals surface area contributed by atoms with Crippen LogP contribution in [0.25, 0.3) is 10.1 Å². The molecule has 0 spiro atoms. The molecule has 0 saturated heterocycles. The normalized spacial score (nSPS) is 10.9. The number of hydrazone groups is 1. The second kappa shape index (κ2) is 10.7. The number of anilines is 1. The van der Waals surface area contributed by atoms with Gasteiger partial charge in [-0.25, -0.2) is 10.2 Å². The molecule has 0 bridgehead atoms. The fraction of sp³-hybridized carbons (Fsp3) is 0.0400. The molecule has 10 heteroatoms. The van der Waals surface area contributed by atoms with E-state index in [0.717, 1.165) is 10.1 Å². The molecule has 0 radical (unpaired) electrons. The van der Waals surface area contributed by atoms with Crippen molar-refractivity contribution in [1.82, 2.24) is 5.43 Å². The summed E-state index contributed by atoms with van der Waals surface area (Å²) in [5, 5.41) is 7.91. The van der Waals surface area contributed by atoms with Crippen molar-refractivity contribution in [2.75, 3.05) is 5.32 Å². The lowest BCUT2D eigenvalue weighted by atomic mass is 10.2. The number of nitrogens with one attached hydrogen (secondary N) is 2. The van der Waals surface area contributed by atoms with Crippen molar-refractivity contribution in [1.29, 1.82) is 0 Å². The minimum Gasteiger partial charge on any atom is -0.422 e. The van der Waals surface area contributed by atoms with Crippen LogP contribution in [0.3, 0.4) is 0 Å². The maximum Gasteiger partial charge on any atom is 0.355 e. The molecule has 0 atom stereocenters. The molecule has 4 rings (SSSR count). The third-order valence-electron chi connectivity index (χ3n) is 4.91. The topological polar surface area (TPSA) is 96.9 Å². The molecule has 3 aromatic carbocycles. The third-order valence-corrected chi connectivity index (χ3v) is 6.98. The molecule has 2 N–H and O–H groups in total. The zero-order valence-electron chi connectivity index (χ0n) is 18.2. The Morgan fingerprint density at radius 3 is 2.43 bits per heavy atom. The van der Waals surface area contributed by atoms with E-state index in [1.165, 1.54) is 17.6 Å². The van der Waals surface area contributed by atoms with E-state index in [9.17, 15) is 14.4 Å². The Bertz CT molecular complexity index is 1470. The summed E-state index contributed by atoms with van der Waals surface area (Å²) >= 11 is 13.6. The van der Waals surface area contributed by atoms with Gasteiger partial charge in [-0.05, 0) is 60.5 Å². The van der Waals surface area contributed by atoms with Crippen molar-refractivity contribution in [2.45, 2.75) is 6.92 Å². The Kier molecular flexibility index (Phi) is 7.45. The summed E-state index contributed by atoms with van der Waals surface area (Å²) in [6.45, 7) is 1.73. The van der Waals surface area contributed by atoms with Gasteiger partial charge in [0.15, 0.2) is 0 Å². The smallest absolute Gasteiger partial charge is 0.355 e. The van der Waals surface area contributed by atoms with Gasteiger partial charge in [-0.15, -0.1) is 11.3 Å². The van der Waals surface area contributed by atoms with Gasteiger partial charge >= 0.3 is 17.8 Å². The zero-order chi connectivity index (χ0) is 24.9. The molecule has 0 aliphatic carbocycles. The van der Waals surface area contributed by atoms with Crippen LogP contribution in [-0.2, 0) is 9.59 Å². The van der Waals surface area contributed by atoms with Crippen LogP contribution in [0.15, 0.2) is 71.8 Å². The van der Waals surface area contributed by atoms with Crippen LogP contribution in [0, 0.1) is 6.92 Å². The van der Waals surface area contributed by atoms with Crippen LogP contribution in [0.2, 0.25) is 10.0 Å². The van der Waals surface area contributed by atoms with Crippen LogP contribution in [-0.4, -0.2) is 24.0 Å². The van der Waals surface area contributed by atoms with Crippen molar-refractivity contribution in [3.8, 4) is 5.75 Å². The number of carbonyl (C=O) groups excluding carboxylic acids is 3. The van der Waals surface area contributed by atoms with E-state index in [0.29, 0.717) is 37.5 Å². The van der Waals surface area contributed by atoms with Gasteiger partial charge in [0.05, 0.1) is 11.2 Å². The summed E-state index contributed by atoms with van der Waals surface area (Å²) in [6, 6.07) is 18.9. The molecule has 0 aliphatic rings. The second-order valence-corrected chi connectivity index (χ2v) is 9.10. The highest BCUT2D eigenvalue weighted by atomic mass is 35.5. The Balaban J connectivity index is 1.33. The largest absolute Gasteiger partial charge is 0.422 e. The number of esters is 1. The maximum atomic E-state index is 12.6. The Labute approximate surface area is 214 Å². The fourth-order valence-corrected chi connectivity index (χ4v) is 4.62. The van der Waals surface area contributed by atoms with E-state index in [1.54, 1.807) is 49.4 Å². The van der Waals surface area contributed by atoms with Gasteiger partial charge in [-0.3, -0.25) is 9.59 Å². The predicted octanol–water partition coefficient (Wildman–Crippen LogP) is 5.82. The number of hydrogen-bond acceptors (Lipinski definition) is 6. The number of ether oxygens (including phenoxy) is 1. The molecule has 0 aliphatic heterocycles. The number of rotatable bonds is 5. The summed E-state index contributed by atoms with van der Waals surface area (Å²) in [5.74, 6) is -2.05. The maximum absolute atomic E-state index is 12.6. The molecule has 2 amide bonds. The number of amides is 2. The van der Waals surface area contributed by atoms with Gasteiger partial charge in [0.25, 0.3) is 0 Å². The van der Waals surface area contributed by atoms with Gasteiger partial charge in [-0.2, -0.15) is 5.10 Å². The number of nitrogens with zero attached hydrogens (tertiary/aromatic N) is 1. The number of benzene rings is 3. The molecular weight excluding hydrogens is 509 g/mol. The molecule has 4 aromatic rings. The van der Waals surface area contributed by atoms with Gasteiger partial charge < -0.3 is 10.1 Å². The first kappa shape index (κ1) is 24.4. The van der Waals surface area contributed by atoms with Gasteiger partial charge in [0.1, 0.15) is 10.6 Å².